The molecular weight excluding hydrogens is 283 g/mol. The predicted octanol–water partition coefficient (Wildman–Crippen LogP) is 4.58. The van der Waals surface area contributed by atoms with E-state index in [9.17, 15) is 4.39 Å². The maximum absolute atomic E-state index is 14.7. The van der Waals surface area contributed by atoms with Gasteiger partial charge >= 0.3 is 0 Å². The van der Waals surface area contributed by atoms with Crippen LogP contribution in [0.1, 0.15) is 26.3 Å². The lowest BCUT2D eigenvalue weighted by Gasteiger charge is -2.22. The first-order chi connectivity index (χ1) is 9.99. The Bertz CT molecular complexity index is 553. The molecule has 0 saturated heterocycles. The van der Waals surface area contributed by atoms with Gasteiger partial charge in [-0.1, -0.05) is 56.1 Å². The van der Waals surface area contributed by atoms with Crippen LogP contribution in [0.25, 0.3) is 11.1 Å². The number of hydrogen-bond donors (Lipinski definition) is 1. The van der Waals surface area contributed by atoms with Gasteiger partial charge in [0.1, 0.15) is 5.67 Å². The van der Waals surface area contributed by atoms with Gasteiger partial charge in [0.05, 0.1) is 0 Å². The van der Waals surface area contributed by atoms with Crippen LogP contribution in [0.15, 0.2) is 48.8 Å². The van der Waals surface area contributed by atoms with E-state index in [-0.39, 0.29) is 0 Å². The molecule has 2 nitrogen and oxygen atoms in total. The summed E-state index contributed by atoms with van der Waals surface area (Å²) in [5.41, 5.74) is 1.40. The second-order valence-corrected chi connectivity index (χ2v) is 6.97. The molecule has 1 atom stereocenters. The lowest BCUT2D eigenvalue weighted by atomic mass is 9.96. The van der Waals surface area contributed by atoms with Crippen molar-refractivity contribution in [2.24, 2.45) is 0 Å². The van der Waals surface area contributed by atoms with E-state index < -0.39 is 5.67 Å². The molecule has 2 rings (SSSR count). The van der Waals surface area contributed by atoms with Gasteiger partial charge in [0.2, 0.25) is 0 Å². The molecule has 4 heteroatoms. The van der Waals surface area contributed by atoms with E-state index in [2.05, 4.69) is 23.6 Å². The molecule has 0 radical (unpaired) electrons. The van der Waals surface area contributed by atoms with E-state index in [0.717, 1.165) is 11.1 Å². The fourth-order valence-corrected chi connectivity index (χ4v) is 2.68. The normalized spacial score (nSPS) is 14.1. The zero-order valence-electron chi connectivity index (χ0n) is 12.6. The van der Waals surface area contributed by atoms with Gasteiger partial charge in [-0.2, -0.15) is 0 Å². The summed E-state index contributed by atoms with van der Waals surface area (Å²) in [5, 5.41) is 0.439. The minimum absolute atomic E-state index is 0.294. The average molecular weight is 304 g/mol. The summed E-state index contributed by atoms with van der Waals surface area (Å²) in [6.45, 7) is 6.06. The number of pyridine rings is 1. The quantitative estimate of drug-likeness (QED) is 0.791. The SMILES string of the molecule is CC(C)SNCC(C)(F)c1ccc(-c2cccnc2)cc1. The molecule has 1 N–H and O–H groups in total. The minimum atomic E-state index is -1.38. The van der Waals surface area contributed by atoms with E-state index in [4.69, 9.17) is 0 Å². The fraction of sp³-hybridized carbons (Fsp3) is 0.353. The molecule has 0 aliphatic heterocycles. The third-order valence-electron chi connectivity index (χ3n) is 3.20. The van der Waals surface area contributed by atoms with E-state index in [0.29, 0.717) is 17.4 Å². The van der Waals surface area contributed by atoms with Gasteiger partial charge in [-0.25, -0.2) is 4.39 Å². The van der Waals surface area contributed by atoms with Crippen LogP contribution in [-0.4, -0.2) is 16.8 Å². The number of benzene rings is 1. The Hall–Kier alpha value is -1.39. The van der Waals surface area contributed by atoms with Crippen molar-refractivity contribution in [3.63, 3.8) is 0 Å². The van der Waals surface area contributed by atoms with Gasteiger partial charge in [0.15, 0.2) is 0 Å². The maximum Gasteiger partial charge on any atom is 0.146 e. The van der Waals surface area contributed by atoms with Gasteiger partial charge in [-0.3, -0.25) is 9.71 Å². The van der Waals surface area contributed by atoms with Crippen LogP contribution in [-0.2, 0) is 5.67 Å². The Kier molecular flexibility index (Phi) is 5.37. The smallest absolute Gasteiger partial charge is 0.146 e. The molecule has 21 heavy (non-hydrogen) atoms. The van der Waals surface area contributed by atoms with Crippen molar-refractivity contribution in [1.82, 2.24) is 9.71 Å². The van der Waals surface area contributed by atoms with Crippen molar-refractivity contribution >= 4 is 11.9 Å². The number of nitrogens with one attached hydrogen (secondary N) is 1. The summed E-state index contributed by atoms with van der Waals surface area (Å²) < 4.78 is 17.8. The first-order valence-corrected chi connectivity index (χ1v) is 7.95. The summed E-state index contributed by atoms with van der Waals surface area (Å²) in [6, 6.07) is 11.5. The molecule has 0 fully saturated rings. The summed E-state index contributed by atoms with van der Waals surface area (Å²) in [4.78, 5) is 4.10. The molecule has 0 spiro atoms. The van der Waals surface area contributed by atoms with Gasteiger partial charge in [-0.15, -0.1) is 0 Å². The Morgan fingerprint density at radius 1 is 1.19 bits per heavy atom. The fourth-order valence-electron chi connectivity index (χ4n) is 1.99. The molecule has 2 aromatic rings. The highest BCUT2D eigenvalue weighted by atomic mass is 32.2. The van der Waals surface area contributed by atoms with Crippen LogP contribution in [0, 0.1) is 0 Å². The Balaban J connectivity index is 2.07. The first-order valence-electron chi connectivity index (χ1n) is 7.07. The van der Waals surface area contributed by atoms with Crippen molar-refractivity contribution in [1.29, 1.82) is 0 Å². The number of halogens is 1. The monoisotopic (exact) mass is 304 g/mol. The van der Waals surface area contributed by atoms with Crippen LogP contribution >= 0.6 is 11.9 Å². The second kappa shape index (κ2) is 7.05. The highest BCUT2D eigenvalue weighted by Crippen LogP contribution is 2.28. The van der Waals surface area contributed by atoms with Gasteiger partial charge < -0.3 is 0 Å². The Morgan fingerprint density at radius 2 is 1.90 bits per heavy atom. The molecule has 1 unspecified atom stereocenters. The van der Waals surface area contributed by atoms with Crippen molar-refractivity contribution < 1.29 is 4.39 Å². The summed E-state index contributed by atoms with van der Waals surface area (Å²) in [6.07, 6.45) is 3.55. The highest BCUT2D eigenvalue weighted by Gasteiger charge is 2.25. The van der Waals surface area contributed by atoms with Crippen LogP contribution in [0.4, 0.5) is 4.39 Å². The molecule has 0 aliphatic carbocycles. The molecule has 112 valence electrons. The summed E-state index contributed by atoms with van der Waals surface area (Å²) >= 11 is 1.55. The summed E-state index contributed by atoms with van der Waals surface area (Å²) in [7, 11) is 0. The van der Waals surface area contributed by atoms with Crippen molar-refractivity contribution in [2.75, 3.05) is 6.54 Å². The topological polar surface area (TPSA) is 24.9 Å². The lowest BCUT2D eigenvalue weighted by molar-refractivity contribution is 0.198. The second-order valence-electron chi connectivity index (χ2n) is 5.50. The molecule has 0 amide bonds. The third-order valence-corrected chi connectivity index (χ3v) is 3.99. The molecule has 0 saturated carbocycles. The van der Waals surface area contributed by atoms with Gasteiger partial charge in [0.25, 0.3) is 0 Å². The number of rotatable bonds is 6. The third kappa shape index (κ3) is 4.55. The molecular formula is C17H21FN2S. The molecule has 1 heterocycles. The molecule has 0 aliphatic rings. The van der Waals surface area contributed by atoms with Crippen molar-refractivity contribution in [3.05, 3.63) is 54.4 Å². The largest absolute Gasteiger partial charge is 0.264 e. The Morgan fingerprint density at radius 3 is 2.48 bits per heavy atom. The van der Waals surface area contributed by atoms with Crippen LogP contribution < -0.4 is 4.72 Å². The zero-order valence-corrected chi connectivity index (χ0v) is 13.5. The van der Waals surface area contributed by atoms with Crippen LogP contribution in [0.3, 0.4) is 0 Å². The van der Waals surface area contributed by atoms with Crippen LogP contribution in [0.5, 0.6) is 0 Å². The van der Waals surface area contributed by atoms with E-state index in [1.165, 1.54) is 0 Å². The van der Waals surface area contributed by atoms with E-state index in [1.54, 1.807) is 25.1 Å². The maximum atomic E-state index is 14.7. The van der Waals surface area contributed by atoms with E-state index in [1.807, 2.05) is 42.6 Å². The Labute approximate surface area is 130 Å². The standard InChI is InChI=1S/C17H21FN2S/c1-13(2)21-20-12-17(3,18)16-8-6-14(7-9-16)15-5-4-10-19-11-15/h4-11,13,20H,12H2,1-3H3. The lowest BCUT2D eigenvalue weighted by Crippen LogP contribution is -2.29. The molecule has 1 aromatic heterocycles. The highest BCUT2D eigenvalue weighted by molar-refractivity contribution is 7.97. The minimum Gasteiger partial charge on any atom is -0.264 e. The number of aromatic nitrogens is 1. The molecule has 1 aromatic carbocycles. The van der Waals surface area contributed by atoms with Gasteiger partial charge in [-0.05, 0) is 29.7 Å². The van der Waals surface area contributed by atoms with E-state index >= 15 is 0 Å². The molecule has 0 bridgehead atoms. The first kappa shape index (κ1) is 16.0. The predicted molar refractivity (Wildman–Crippen MR) is 88.9 cm³/mol. The average Bonchev–Trinajstić information content (AvgIpc) is 2.48. The van der Waals surface area contributed by atoms with Crippen molar-refractivity contribution in [3.8, 4) is 11.1 Å². The number of alkyl halides is 1. The zero-order chi connectivity index (χ0) is 15.3. The van der Waals surface area contributed by atoms with Gasteiger partial charge in [0, 0.05) is 24.2 Å². The number of hydrogen-bond acceptors (Lipinski definition) is 3. The summed E-state index contributed by atoms with van der Waals surface area (Å²) in [5.74, 6) is 0. The van der Waals surface area contributed by atoms with Crippen LogP contribution in [0.2, 0.25) is 0 Å². The van der Waals surface area contributed by atoms with Crippen molar-refractivity contribution in [2.45, 2.75) is 31.7 Å². The number of nitrogens with zero attached hydrogens (tertiary/aromatic N) is 1.